The average Bonchev–Trinajstić information content (AvgIpc) is 2.76. The maximum atomic E-state index is 12.7. The highest BCUT2D eigenvalue weighted by molar-refractivity contribution is 5.90. The van der Waals surface area contributed by atoms with Crippen LogP contribution in [0.15, 0.2) is 71.6 Å². The molecular formula is C22H19N3O4. The van der Waals surface area contributed by atoms with E-state index in [0.717, 1.165) is 36.6 Å². The van der Waals surface area contributed by atoms with Crippen LogP contribution in [0.4, 0.5) is 0 Å². The third-order valence-electron chi connectivity index (χ3n) is 4.80. The molecule has 2 aromatic heterocycles. The first-order valence-corrected chi connectivity index (χ1v) is 9.36. The lowest BCUT2D eigenvalue weighted by Crippen LogP contribution is -2.24. The summed E-state index contributed by atoms with van der Waals surface area (Å²) in [5.41, 5.74) is 1.32. The summed E-state index contributed by atoms with van der Waals surface area (Å²) < 4.78 is 6.23. The summed E-state index contributed by atoms with van der Waals surface area (Å²) in [7, 11) is 0. The number of nitrogens with zero attached hydrogens (tertiary/aromatic N) is 3. The molecule has 146 valence electrons. The van der Waals surface area contributed by atoms with Crippen LogP contribution in [0.1, 0.15) is 41.6 Å². The van der Waals surface area contributed by atoms with E-state index in [1.54, 1.807) is 18.3 Å². The minimum atomic E-state index is -0.826. The Balaban J connectivity index is 1.65. The average molecular weight is 389 g/mol. The Morgan fingerprint density at radius 3 is 2.55 bits per heavy atom. The zero-order valence-electron chi connectivity index (χ0n) is 15.6. The molecule has 7 nitrogen and oxygen atoms in total. The van der Waals surface area contributed by atoms with Crippen molar-refractivity contribution < 1.29 is 14.7 Å². The summed E-state index contributed by atoms with van der Waals surface area (Å²) in [4.78, 5) is 32.9. The van der Waals surface area contributed by atoms with Crippen molar-refractivity contribution >= 4 is 11.5 Å². The first kappa shape index (κ1) is 18.6. The molecule has 3 aromatic rings. The van der Waals surface area contributed by atoms with E-state index in [4.69, 9.17) is 4.74 Å². The van der Waals surface area contributed by atoms with Crippen molar-refractivity contribution in [3.8, 4) is 11.4 Å². The second-order valence-electron chi connectivity index (χ2n) is 6.73. The van der Waals surface area contributed by atoms with E-state index in [9.17, 15) is 14.8 Å². The lowest BCUT2D eigenvalue weighted by molar-refractivity contribution is 0.0603. The molecule has 0 saturated heterocycles. The highest BCUT2D eigenvalue weighted by atomic mass is 16.5. The van der Waals surface area contributed by atoms with Gasteiger partial charge in [-0.3, -0.25) is 9.78 Å². The molecule has 0 amide bonds. The topological polar surface area (TPSA) is 94.3 Å². The van der Waals surface area contributed by atoms with Gasteiger partial charge >= 0.3 is 5.97 Å². The van der Waals surface area contributed by atoms with E-state index in [0.29, 0.717) is 22.5 Å². The molecule has 29 heavy (non-hydrogen) atoms. The Labute approximate surface area is 166 Å². The third kappa shape index (κ3) is 3.94. The monoisotopic (exact) mass is 389 g/mol. The fraction of sp³-hybridized carbons (Fsp3) is 0.182. The summed E-state index contributed by atoms with van der Waals surface area (Å²) in [5, 5.41) is 10.2. The highest BCUT2D eigenvalue weighted by Gasteiger charge is 2.22. The second-order valence-corrected chi connectivity index (χ2v) is 6.73. The van der Waals surface area contributed by atoms with Gasteiger partial charge in [0.05, 0.1) is 6.20 Å². The lowest BCUT2D eigenvalue weighted by atomic mass is 9.92. The van der Waals surface area contributed by atoms with Crippen LogP contribution < -0.4 is 5.56 Å². The van der Waals surface area contributed by atoms with Crippen molar-refractivity contribution in [1.82, 2.24) is 14.7 Å². The molecule has 1 N–H and O–H groups in total. The van der Waals surface area contributed by atoms with Gasteiger partial charge in [-0.25, -0.2) is 4.79 Å². The quantitative estimate of drug-likeness (QED) is 0.540. The van der Waals surface area contributed by atoms with E-state index < -0.39 is 11.5 Å². The molecule has 0 spiro atoms. The third-order valence-corrected chi connectivity index (χ3v) is 4.80. The van der Waals surface area contributed by atoms with Crippen molar-refractivity contribution in [2.24, 2.45) is 0 Å². The van der Waals surface area contributed by atoms with Crippen molar-refractivity contribution in [3.05, 3.63) is 88.3 Å². The molecule has 0 radical (unpaired) electrons. The van der Waals surface area contributed by atoms with Crippen LogP contribution in [-0.2, 0) is 4.74 Å². The zero-order chi connectivity index (χ0) is 20.2. The van der Waals surface area contributed by atoms with Gasteiger partial charge in [0, 0.05) is 24.4 Å². The van der Waals surface area contributed by atoms with Gasteiger partial charge in [-0.2, -0.15) is 9.71 Å². The van der Waals surface area contributed by atoms with Crippen molar-refractivity contribution in [2.75, 3.05) is 0 Å². The number of ether oxygens (including phenoxy) is 1. The van der Waals surface area contributed by atoms with Gasteiger partial charge in [0.1, 0.15) is 11.3 Å². The number of hydrogen-bond donors (Lipinski definition) is 1. The normalized spacial score (nSPS) is 13.9. The van der Waals surface area contributed by atoms with E-state index in [2.05, 4.69) is 9.97 Å². The summed E-state index contributed by atoms with van der Waals surface area (Å²) in [6.07, 6.45) is 7.39. The Morgan fingerprint density at radius 1 is 1.03 bits per heavy atom. The van der Waals surface area contributed by atoms with Gasteiger partial charge in [-0.1, -0.05) is 30.3 Å². The van der Waals surface area contributed by atoms with Crippen LogP contribution in [0.25, 0.3) is 17.0 Å². The van der Waals surface area contributed by atoms with Crippen LogP contribution in [0.2, 0.25) is 0 Å². The number of hydrogen-bond acceptors (Lipinski definition) is 6. The van der Waals surface area contributed by atoms with Gasteiger partial charge in [-0.05, 0) is 42.5 Å². The molecule has 0 saturated carbocycles. The van der Waals surface area contributed by atoms with E-state index in [1.165, 1.54) is 6.20 Å². The molecule has 1 aliphatic rings. The van der Waals surface area contributed by atoms with Gasteiger partial charge in [0.15, 0.2) is 5.82 Å². The van der Waals surface area contributed by atoms with Gasteiger partial charge in [0.2, 0.25) is 0 Å². The SMILES string of the molecule is O=C(OC1=C(c2ccccc2)CCCC1)c1cn(O)c(-c2cccnc2)nc1=O. The molecule has 0 fully saturated rings. The fourth-order valence-electron chi connectivity index (χ4n) is 3.38. The van der Waals surface area contributed by atoms with Crippen LogP contribution in [-0.4, -0.2) is 25.9 Å². The minimum Gasteiger partial charge on any atom is -0.427 e. The Hall–Kier alpha value is -3.74. The number of rotatable bonds is 4. The van der Waals surface area contributed by atoms with Gasteiger partial charge in [0.25, 0.3) is 5.56 Å². The van der Waals surface area contributed by atoms with E-state index >= 15 is 0 Å². The standard InChI is InChI=1S/C22H19N3O4/c26-21-18(14-25(28)20(24-21)16-9-6-12-23-13-16)22(27)29-19-11-5-4-10-17(19)15-7-2-1-3-8-15/h1-3,6-9,12-14,28H,4-5,10-11H2. The summed E-state index contributed by atoms with van der Waals surface area (Å²) in [6.45, 7) is 0. The predicted molar refractivity (Wildman–Crippen MR) is 106 cm³/mol. The van der Waals surface area contributed by atoms with Crippen LogP contribution >= 0.6 is 0 Å². The predicted octanol–water partition coefficient (Wildman–Crippen LogP) is 3.68. The summed E-state index contributed by atoms with van der Waals surface area (Å²) in [6, 6.07) is 13.0. The maximum Gasteiger partial charge on any atom is 0.350 e. The molecular weight excluding hydrogens is 370 g/mol. The Morgan fingerprint density at radius 2 is 1.79 bits per heavy atom. The van der Waals surface area contributed by atoms with Crippen LogP contribution in [0.5, 0.6) is 0 Å². The molecule has 7 heteroatoms. The Kier molecular flexibility index (Phi) is 5.20. The first-order chi connectivity index (χ1) is 14.1. The minimum absolute atomic E-state index is 0.00139. The molecule has 0 aliphatic heterocycles. The molecule has 4 rings (SSSR count). The number of allylic oxidation sites excluding steroid dienone is 2. The molecule has 2 heterocycles. The maximum absolute atomic E-state index is 12.7. The number of carbonyl (C=O) groups excluding carboxylic acids is 1. The Bertz CT molecular complexity index is 1120. The first-order valence-electron chi connectivity index (χ1n) is 9.36. The van der Waals surface area contributed by atoms with Crippen molar-refractivity contribution in [1.29, 1.82) is 0 Å². The number of aromatic nitrogens is 3. The molecule has 1 aromatic carbocycles. The zero-order valence-corrected chi connectivity index (χ0v) is 15.6. The van der Waals surface area contributed by atoms with E-state index in [-0.39, 0.29) is 11.4 Å². The number of pyridine rings is 1. The number of esters is 1. The fourth-order valence-corrected chi connectivity index (χ4v) is 3.38. The molecule has 1 aliphatic carbocycles. The molecule has 0 unspecified atom stereocenters. The van der Waals surface area contributed by atoms with Crippen molar-refractivity contribution in [3.63, 3.8) is 0 Å². The lowest BCUT2D eigenvalue weighted by Gasteiger charge is -2.20. The van der Waals surface area contributed by atoms with Gasteiger partial charge in [-0.15, -0.1) is 0 Å². The molecule has 0 atom stereocenters. The van der Waals surface area contributed by atoms with Gasteiger partial charge < -0.3 is 9.94 Å². The van der Waals surface area contributed by atoms with Crippen LogP contribution in [0, 0.1) is 0 Å². The number of benzene rings is 1. The summed E-state index contributed by atoms with van der Waals surface area (Å²) >= 11 is 0. The largest absolute Gasteiger partial charge is 0.427 e. The van der Waals surface area contributed by atoms with Crippen LogP contribution in [0.3, 0.4) is 0 Å². The van der Waals surface area contributed by atoms with Crippen molar-refractivity contribution in [2.45, 2.75) is 25.7 Å². The second kappa shape index (κ2) is 8.10. The molecule has 0 bridgehead atoms. The number of carbonyl (C=O) groups is 1. The van der Waals surface area contributed by atoms with E-state index in [1.807, 2.05) is 30.3 Å². The summed E-state index contributed by atoms with van der Waals surface area (Å²) in [5.74, 6) is -0.262. The smallest absolute Gasteiger partial charge is 0.350 e. The highest BCUT2D eigenvalue weighted by Crippen LogP contribution is 2.33.